The molecule has 0 aliphatic carbocycles. The number of rotatable bonds is 5. The average Bonchev–Trinajstić information content (AvgIpc) is 3.40. The van der Waals surface area contributed by atoms with E-state index in [4.69, 9.17) is 0 Å². The van der Waals surface area contributed by atoms with Crippen LogP contribution in [0.2, 0.25) is 0 Å². The summed E-state index contributed by atoms with van der Waals surface area (Å²) in [5.74, 6) is 0.184. The second kappa shape index (κ2) is 8.60. The molecule has 3 heterocycles. The number of amides is 1. The highest BCUT2D eigenvalue weighted by Crippen LogP contribution is 2.37. The fourth-order valence-corrected chi connectivity index (χ4v) is 3.85. The average molecular weight is 449 g/mol. The molecule has 3 aromatic rings. The molecule has 1 atom stereocenters. The lowest BCUT2D eigenvalue weighted by atomic mass is 10.1. The molecule has 7 nitrogen and oxygen atoms in total. The third kappa shape index (κ3) is 5.17. The van der Waals surface area contributed by atoms with Gasteiger partial charge in [0.05, 0.1) is 17.4 Å². The Morgan fingerprint density at radius 2 is 2.03 bits per heavy atom. The number of nitrogens with one attached hydrogen (secondary N) is 2. The molecule has 31 heavy (non-hydrogen) atoms. The van der Waals surface area contributed by atoms with Crippen LogP contribution in [-0.2, 0) is 0 Å². The van der Waals surface area contributed by atoms with Gasteiger partial charge in [0.25, 0.3) is 5.91 Å². The highest BCUT2D eigenvalue weighted by molar-refractivity contribution is 8.00. The maximum absolute atomic E-state index is 12.7. The van der Waals surface area contributed by atoms with E-state index in [0.717, 1.165) is 0 Å². The maximum atomic E-state index is 12.7. The van der Waals surface area contributed by atoms with Crippen LogP contribution in [-0.4, -0.2) is 50.9 Å². The van der Waals surface area contributed by atoms with E-state index in [0.29, 0.717) is 42.3 Å². The van der Waals surface area contributed by atoms with Crippen molar-refractivity contribution in [2.45, 2.75) is 22.9 Å². The minimum atomic E-state index is -4.37. The Labute approximate surface area is 179 Å². The van der Waals surface area contributed by atoms with Crippen LogP contribution in [0, 0.1) is 0 Å². The van der Waals surface area contributed by atoms with Crippen molar-refractivity contribution >= 4 is 29.2 Å². The van der Waals surface area contributed by atoms with Gasteiger partial charge >= 0.3 is 5.51 Å². The monoisotopic (exact) mass is 449 g/mol. The highest BCUT2D eigenvalue weighted by Gasteiger charge is 2.29. The molecule has 0 unspecified atom stereocenters. The van der Waals surface area contributed by atoms with Gasteiger partial charge in [-0.3, -0.25) is 9.89 Å². The van der Waals surface area contributed by atoms with Gasteiger partial charge in [-0.2, -0.15) is 18.3 Å². The predicted molar refractivity (Wildman–Crippen MR) is 111 cm³/mol. The lowest BCUT2D eigenvalue weighted by Crippen LogP contribution is -2.23. The maximum Gasteiger partial charge on any atom is 0.446 e. The number of aromatic amines is 1. The normalized spacial score (nSPS) is 16.5. The number of carbonyl (C=O) groups is 1. The first-order valence-corrected chi connectivity index (χ1v) is 10.2. The minimum absolute atomic E-state index is 0.0332. The Hall–Kier alpha value is -3.05. The minimum Gasteiger partial charge on any atom is -0.391 e. The first kappa shape index (κ1) is 21.2. The second-order valence-corrected chi connectivity index (χ2v) is 8.12. The standard InChI is InChI=1S/C20H18F3N5O2S/c21-20(22,23)31-15-3-1-13(2-4-15)26-19(30)12-9-16(17-5-7-25-27-17)18(24-10-12)28-8-6-14(29)11-28/h1-5,7,9-10,14,29H,6,8,11H2,(H,25,27)(H,26,30)/t14-/m1/s1. The molecule has 3 N–H and O–H groups in total. The summed E-state index contributed by atoms with van der Waals surface area (Å²) >= 11 is -0.216. The fraction of sp³-hybridized carbons (Fsp3) is 0.250. The molecular formula is C20H18F3N5O2S. The number of β-amino-alcohol motifs (C(OH)–C–C–N with tert-alkyl or cyclic N) is 1. The van der Waals surface area contributed by atoms with E-state index in [1.165, 1.54) is 30.5 Å². The van der Waals surface area contributed by atoms with Crippen molar-refractivity contribution < 1.29 is 23.1 Å². The number of carbonyl (C=O) groups excluding carboxylic acids is 1. The number of hydrogen-bond acceptors (Lipinski definition) is 6. The topological polar surface area (TPSA) is 94.1 Å². The number of aliphatic hydroxyl groups is 1. The van der Waals surface area contributed by atoms with E-state index >= 15 is 0 Å². The van der Waals surface area contributed by atoms with Crippen LogP contribution in [0.15, 0.2) is 53.7 Å². The third-order valence-corrected chi connectivity index (χ3v) is 5.47. The van der Waals surface area contributed by atoms with E-state index in [2.05, 4.69) is 20.5 Å². The molecule has 11 heteroatoms. The summed E-state index contributed by atoms with van der Waals surface area (Å²) in [5, 5.41) is 19.3. The zero-order valence-electron chi connectivity index (χ0n) is 16.1. The van der Waals surface area contributed by atoms with Gasteiger partial charge in [-0.05, 0) is 54.6 Å². The summed E-state index contributed by atoms with van der Waals surface area (Å²) in [7, 11) is 0. The van der Waals surface area contributed by atoms with E-state index < -0.39 is 17.5 Å². The number of nitrogens with zero attached hydrogens (tertiary/aromatic N) is 3. The smallest absolute Gasteiger partial charge is 0.391 e. The van der Waals surface area contributed by atoms with Crippen LogP contribution in [0.4, 0.5) is 24.7 Å². The highest BCUT2D eigenvalue weighted by atomic mass is 32.2. The van der Waals surface area contributed by atoms with Crippen molar-refractivity contribution in [2.24, 2.45) is 0 Å². The van der Waals surface area contributed by atoms with Crippen LogP contribution in [0.5, 0.6) is 0 Å². The van der Waals surface area contributed by atoms with Crippen LogP contribution in [0.25, 0.3) is 11.3 Å². The molecule has 0 bridgehead atoms. The third-order valence-electron chi connectivity index (χ3n) is 4.73. The zero-order chi connectivity index (χ0) is 22.0. The molecule has 1 aliphatic rings. The largest absolute Gasteiger partial charge is 0.446 e. The summed E-state index contributed by atoms with van der Waals surface area (Å²) in [5.41, 5.74) is -2.39. The Morgan fingerprint density at radius 3 is 2.65 bits per heavy atom. The lowest BCUT2D eigenvalue weighted by Gasteiger charge is -2.20. The first-order chi connectivity index (χ1) is 14.8. The molecule has 1 fully saturated rings. The molecule has 2 aromatic heterocycles. The zero-order valence-corrected chi connectivity index (χ0v) is 16.9. The number of hydrogen-bond donors (Lipinski definition) is 3. The quantitative estimate of drug-likeness (QED) is 0.512. The van der Waals surface area contributed by atoms with Crippen LogP contribution >= 0.6 is 11.8 Å². The van der Waals surface area contributed by atoms with Crippen molar-refractivity contribution in [3.8, 4) is 11.3 Å². The van der Waals surface area contributed by atoms with Crippen molar-refractivity contribution in [3.05, 3.63) is 54.4 Å². The van der Waals surface area contributed by atoms with Gasteiger partial charge in [-0.1, -0.05) is 0 Å². The van der Waals surface area contributed by atoms with Crippen LogP contribution in [0.1, 0.15) is 16.8 Å². The molecular weight excluding hydrogens is 431 g/mol. The summed E-state index contributed by atoms with van der Waals surface area (Å²) in [6, 6.07) is 8.84. The van der Waals surface area contributed by atoms with Crippen LogP contribution < -0.4 is 10.2 Å². The molecule has 1 aliphatic heterocycles. The number of benzene rings is 1. The first-order valence-electron chi connectivity index (χ1n) is 9.38. The molecule has 0 saturated carbocycles. The van der Waals surface area contributed by atoms with Crippen molar-refractivity contribution in [1.82, 2.24) is 15.2 Å². The lowest BCUT2D eigenvalue weighted by molar-refractivity contribution is -0.0328. The van der Waals surface area contributed by atoms with Gasteiger partial charge in [-0.15, -0.1) is 0 Å². The van der Waals surface area contributed by atoms with Gasteiger partial charge < -0.3 is 15.3 Å². The number of alkyl halides is 3. The van der Waals surface area contributed by atoms with Crippen molar-refractivity contribution in [2.75, 3.05) is 23.3 Å². The SMILES string of the molecule is O=C(Nc1ccc(SC(F)(F)F)cc1)c1cnc(N2CC[C@@H](O)C2)c(-c2ccn[nH]2)c1. The van der Waals surface area contributed by atoms with Gasteiger partial charge in [-0.25, -0.2) is 4.98 Å². The number of aromatic nitrogens is 3. The van der Waals surface area contributed by atoms with Gasteiger partial charge in [0.1, 0.15) is 5.82 Å². The van der Waals surface area contributed by atoms with E-state index in [1.54, 1.807) is 18.3 Å². The summed E-state index contributed by atoms with van der Waals surface area (Å²) in [6.07, 6.45) is 3.22. The molecule has 1 amide bonds. The van der Waals surface area contributed by atoms with Crippen molar-refractivity contribution in [3.63, 3.8) is 0 Å². The number of anilines is 2. The molecule has 162 valence electrons. The number of H-pyrrole nitrogens is 1. The molecule has 0 radical (unpaired) electrons. The predicted octanol–water partition coefficient (Wildman–Crippen LogP) is 3.91. The van der Waals surface area contributed by atoms with E-state index in [-0.39, 0.29) is 22.2 Å². The molecule has 4 rings (SSSR count). The Balaban J connectivity index is 1.55. The molecule has 0 spiro atoms. The number of halogens is 3. The number of aliphatic hydroxyl groups excluding tert-OH is 1. The number of pyridine rings is 1. The Kier molecular flexibility index (Phi) is 5.88. The Bertz CT molecular complexity index is 1060. The number of thioether (sulfide) groups is 1. The summed E-state index contributed by atoms with van der Waals surface area (Å²) in [6.45, 7) is 1.09. The summed E-state index contributed by atoms with van der Waals surface area (Å²) < 4.78 is 37.4. The van der Waals surface area contributed by atoms with E-state index in [1.807, 2.05) is 4.90 Å². The van der Waals surface area contributed by atoms with E-state index in [9.17, 15) is 23.1 Å². The van der Waals surface area contributed by atoms with Gasteiger partial charge in [0, 0.05) is 41.6 Å². The molecule has 1 saturated heterocycles. The fourth-order valence-electron chi connectivity index (χ4n) is 3.32. The Morgan fingerprint density at radius 1 is 1.26 bits per heavy atom. The van der Waals surface area contributed by atoms with Crippen LogP contribution in [0.3, 0.4) is 0 Å². The van der Waals surface area contributed by atoms with Gasteiger partial charge in [0.2, 0.25) is 0 Å². The summed E-state index contributed by atoms with van der Waals surface area (Å²) in [4.78, 5) is 19.1. The molecule has 1 aromatic carbocycles. The van der Waals surface area contributed by atoms with Crippen molar-refractivity contribution in [1.29, 1.82) is 0 Å². The second-order valence-electron chi connectivity index (χ2n) is 6.98. The van der Waals surface area contributed by atoms with Gasteiger partial charge in [0.15, 0.2) is 0 Å².